The first-order valence-electron chi connectivity index (χ1n) is 2.52. The first-order chi connectivity index (χ1) is 3.89. The van der Waals surface area contributed by atoms with Crippen LogP contribution in [-0.2, 0) is 0 Å². The summed E-state index contributed by atoms with van der Waals surface area (Å²) in [6.45, 7) is 4.00. The van der Waals surface area contributed by atoms with Gasteiger partial charge in [-0.05, 0) is 11.5 Å². The lowest BCUT2D eigenvalue weighted by molar-refractivity contribution is 1.50. The minimum Gasteiger partial charge on any atom is -0.315 e. The molecule has 2 nitrogen and oxygen atoms in total. The van der Waals surface area contributed by atoms with Crippen molar-refractivity contribution in [2.75, 3.05) is 0 Å². The number of hydrogen-bond donors (Lipinski definition) is 1. The molecule has 1 aromatic heterocycles. The van der Waals surface area contributed by atoms with Crippen molar-refractivity contribution in [2.45, 2.75) is 13.8 Å². The molecule has 0 aliphatic heterocycles. The number of aromatic nitrogens is 1. The Balaban J connectivity index is 0.000000222. The van der Waals surface area contributed by atoms with Crippen molar-refractivity contribution in [3.05, 3.63) is 21.8 Å². The van der Waals surface area contributed by atoms with E-state index < -0.39 is 0 Å². The van der Waals surface area contributed by atoms with E-state index in [0.29, 0.717) is 0 Å². The second-order valence-corrected chi connectivity index (χ2v) is 1.71. The zero-order chi connectivity index (χ0) is 6.41. The van der Waals surface area contributed by atoms with Crippen molar-refractivity contribution >= 4 is 11.5 Å². The van der Waals surface area contributed by atoms with Gasteiger partial charge in [0.15, 0.2) is 0 Å². The van der Waals surface area contributed by atoms with Crippen LogP contribution in [0.25, 0.3) is 0 Å². The summed E-state index contributed by atoms with van der Waals surface area (Å²) in [6.07, 6.45) is 1.62. The van der Waals surface area contributed by atoms with Crippen LogP contribution in [-0.4, -0.2) is 4.37 Å². The second kappa shape index (κ2) is 4.59. The Bertz CT molecular complexity index is 150. The monoisotopic (exact) mass is 131 g/mol. The fraction of sp³-hybridized carbons (Fsp3) is 0.400. The van der Waals surface area contributed by atoms with Gasteiger partial charge in [0.1, 0.15) is 0 Å². The van der Waals surface area contributed by atoms with Crippen molar-refractivity contribution in [3.63, 3.8) is 0 Å². The lowest BCUT2D eigenvalue weighted by Crippen LogP contribution is -1.78. The van der Waals surface area contributed by atoms with E-state index in [1.54, 1.807) is 6.20 Å². The van der Waals surface area contributed by atoms with Crippen LogP contribution in [0, 0.1) is 0 Å². The minimum atomic E-state index is 0.0787. The van der Waals surface area contributed by atoms with Gasteiger partial charge in [-0.15, -0.1) is 0 Å². The topological polar surface area (TPSA) is 32.9 Å². The minimum absolute atomic E-state index is 0.0787. The summed E-state index contributed by atoms with van der Waals surface area (Å²) in [5.74, 6) is 0. The van der Waals surface area contributed by atoms with E-state index in [2.05, 4.69) is 4.37 Å². The predicted molar refractivity (Wildman–Crippen MR) is 36.3 cm³/mol. The Morgan fingerprint density at radius 1 is 1.62 bits per heavy atom. The maximum absolute atomic E-state index is 10.1. The quantitative estimate of drug-likeness (QED) is 0.568. The van der Waals surface area contributed by atoms with Crippen molar-refractivity contribution in [3.8, 4) is 0 Å². The number of rotatable bonds is 0. The van der Waals surface area contributed by atoms with E-state index >= 15 is 0 Å². The summed E-state index contributed by atoms with van der Waals surface area (Å²) in [5, 5.41) is 0. The average molecular weight is 131 g/mol. The van der Waals surface area contributed by atoms with E-state index in [1.807, 2.05) is 13.8 Å². The molecule has 0 saturated heterocycles. The SMILES string of the molecule is CC.O=c1cc[nH]s1. The van der Waals surface area contributed by atoms with Crippen LogP contribution >= 0.6 is 11.5 Å². The standard InChI is InChI=1S/C3H3NOS.C2H6/c5-3-1-2-4-6-3;1-2/h1-2,4H;1-2H3. The number of hydrogen-bond acceptors (Lipinski definition) is 2. The smallest absolute Gasteiger partial charge is 0.249 e. The Kier molecular flexibility index (Phi) is 4.26. The van der Waals surface area contributed by atoms with Crippen LogP contribution in [0.4, 0.5) is 0 Å². The Morgan fingerprint density at radius 3 is 2.38 bits per heavy atom. The summed E-state index contributed by atoms with van der Waals surface area (Å²) >= 11 is 1.10. The molecule has 0 radical (unpaired) electrons. The lowest BCUT2D eigenvalue weighted by atomic mass is 10.8. The third-order valence-electron chi connectivity index (χ3n) is 0.447. The first-order valence-corrected chi connectivity index (χ1v) is 3.34. The van der Waals surface area contributed by atoms with Gasteiger partial charge >= 0.3 is 0 Å². The van der Waals surface area contributed by atoms with Gasteiger partial charge in [-0.25, -0.2) is 0 Å². The maximum Gasteiger partial charge on any atom is 0.249 e. The summed E-state index contributed by atoms with van der Waals surface area (Å²) in [6, 6.07) is 1.49. The van der Waals surface area contributed by atoms with Crippen LogP contribution in [0.5, 0.6) is 0 Å². The van der Waals surface area contributed by atoms with Gasteiger partial charge in [-0.2, -0.15) is 0 Å². The maximum atomic E-state index is 10.1. The zero-order valence-electron chi connectivity index (χ0n) is 4.97. The number of H-pyrrole nitrogens is 1. The predicted octanol–water partition coefficient (Wildman–Crippen LogP) is 1.46. The molecule has 0 amide bonds. The normalized spacial score (nSPS) is 7.25. The Labute approximate surface area is 52.3 Å². The molecular formula is C5H9NOS. The molecule has 0 fully saturated rings. The molecule has 0 aliphatic rings. The molecule has 0 aromatic carbocycles. The molecule has 0 spiro atoms. The fourth-order valence-electron chi connectivity index (χ4n) is 0.228. The van der Waals surface area contributed by atoms with Crippen LogP contribution in [0.1, 0.15) is 13.8 Å². The molecule has 0 unspecified atom stereocenters. The van der Waals surface area contributed by atoms with Crippen LogP contribution in [0.15, 0.2) is 17.1 Å². The van der Waals surface area contributed by atoms with Gasteiger partial charge in [0.05, 0.1) is 0 Å². The average Bonchev–Trinajstić information content (AvgIpc) is 2.24. The van der Waals surface area contributed by atoms with E-state index in [4.69, 9.17) is 0 Å². The first kappa shape index (κ1) is 7.43. The van der Waals surface area contributed by atoms with Gasteiger partial charge < -0.3 is 4.37 Å². The molecular weight excluding hydrogens is 122 g/mol. The molecule has 1 rings (SSSR count). The van der Waals surface area contributed by atoms with Gasteiger partial charge in [0.25, 0.3) is 0 Å². The lowest BCUT2D eigenvalue weighted by Gasteiger charge is -1.47. The molecule has 1 aromatic rings. The van der Waals surface area contributed by atoms with Crippen molar-refractivity contribution in [1.29, 1.82) is 0 Å². The van der Waals surface area contributed by atoms with Gasteiger partial charge in [0.2, 0.25) is 4.74 Å². The van der Waals surface area contributed by atoms with E-state index in [9.17, 15) is 4.79 Å². The second-order valence-electron chi connectivity index (χ2n) is 0.872. The Hall–Kier alpha value is -0.570. The number of nitrogens with one attached hydrogen (secondary N) is 1. The molecule has 46 valence electrons. The molecule has 8 heavy (non-hydrogen) atoms. The largest absolute Gasteiger partial charge is 0.315 e. The molecule has 1 N–H and O–H groups in total. The van der Waals surface area contributed by atoms with E-state index in [-0.39, 0.29) is 4.74 Å². The van der Waals surface area contributed by atoms with Gasteiger partial charge in [0, 0.05) is 12.3 Å². The van der Waals surface area contributed by atoms with Crippen molar-refractivity contribution < 1.29 is 0 Å². The highest BCUT2D eigenvalue weighted by Gasteiger charge is 1.73. The third-order valence-corrected chi connectivity index (χ3v) is 1.04. The van der Waals surface area contributed by atoms with Crippen LogP contribution in [0.2, 0.25) is 0 Å². The Morgan fingerprint density at radius 2 is 2.25 bits per heavy atom. The van der Waals surface area contributed by atoms with Crippen molar-refractivity contribution in [1.82, 2.24) is 4.37 Å². The highest BCUT2D eigenvalue weighted by molar-refractivity contribution is 7.03. The molecule has 0 saturated carbocycles. The molecule has 3 heteroatoms. The summed E-state index contributed by atoms with van der Waals surface area (Å²) in [4.78, 5) is 10.1. The molecule has 1 heterocycles. The van der Waals surface area contributed by atoms with Gasteiger partial charge in [-0.3, -0.25) is 4.79 Å². The highest BCUT2D eigenvalue weighted by atomic mass is 32.1. The van der Waals surface area contributed by atoms with Gasteiger partial charge in [-0.1, -0.05) is 13.8 Å². The summed E-state index contributed by atoms with van der Waals surface area (Å²) < 4.78 is 2.74. The van der Waals surface area contributed by atoms with Crippen molar-refractivity contribution in [2.24, 2.45) is 0 Å². The number of aromatic amines is 1. The van der Waals surface area contributed by atoms with Crippen LogP contribution in [0.3, 0.4) is 0 Å². The molecule has 0 bridgehead atoms. The highest BCUT2D eigenvalue weighted by Crippen LogP contribution is 1.72. The van der Waals surface area contributed by atoms with Crippen LogP contribution < -0.4 is 4.74 Å². The van der Waals surface area contributed by atoms with E-state index in [1.165, 1.54) is 6.07 Å². The molecule has 0 atom stereocenters. The summed E-state index contributed by atoms with van der Waals surface area (Å²) in [5.41, 5.74) is 0. The summed E-state index contributed by atoms with van der Waals surface area (Å²) in [7, 11) is 0. The molecule has 0 aliphatic carbocycles. The zero-order valence-corrected chi connectivity index (χ0v) is 5.79. The third kappa shape index (κ3) is 2.58. The van der Waals surface area contributed by atoms with E-state index in [0.717, 1.165) is 11.5 Å². The fourth-order valence-corrected chi connectivity index (χ4v) is 0.616.